The average Bonchev–Trinajstić information content (AvgIpc) is 2.88. The van der Waals surface area contributed by atoms with E-state index in [1.165, 1.54) is 17.7 Å². The number of pyridine rings is 1. The molecule has 1 N–H and O–H groups in total. The van der Waals surface area contributed by atoms with E-state index in [9.17, 15) is 9.18 Å². The standard InChI is InChI=1S/C27H29FN4O2/c1-34-23-7-4-21-14-24(27(33)30-16-19-8-10-29-11-9-19)26-18-31(12-13-32(26)25(21)15-23)17-20-2-5-22(28)6-3-20/h2-11,15,24,26H,12-14,16-18H2,1H3,(H,30,33)/t24-,26-/m0/s1. The van der Waals surface area contributed by atoms with Crippen molar-refractivity contribution in [2.45, 2.75) is 25.6 Å². The van der Waals surface area contributed by atoms with Gasteiger partial charge in [0, 0.05) is 56.9 Å². The molecule has 7 heteroatoms. The van der Waals surface area contributed by atoms with E-state index in [1.54, 1.807) is 19.5 Å². The van der Waals surface area contributed by atoms with Gasteiger partial charge in [0.25, 0.3) is 0 Å². The van der Waals surface area contributed by atoms with Crippen LogP contribution in [0.25, 0.3) is 0 Å². The molecule has 3 aromatic rings. The highest BCUT2D eigenvalue weighted by Gasteiger charge is 2.41. The van der Waals surface area contributed by atoms with Crippen molar-refractivity contribution in [3.63, 3.8) is 0 Å². The molecule has 2 aromatic carbocycles. The molecule has 3 heterocycles. The molecule has 2 aliphatic rings. The quantitative estimate of drug-likeness (QED) is 0.611. The van der Waals surface area contributed by atoms with Crippen LogP contribution < -0.4 is 15.0 Å². The molecule has 2 atom stereocenters. The Bertz CT molecular complexity index is 1140. The lowest BCUT2D eigenvalue weighted by atomic mass is 9.83. The highest BCUT2D eigenvalue weighted by atomic mass is 19.1. The Morgan fingerprint density at radius 2 is 1.88 bits per heavy atom. The number of amides is 1. The van der Waals surface area contributed by atoms with Gasteiger partial charge in [0.05, 0.1) is 19.1 Å². The Morgan fingerprint density at radius 3 is 2.65 bits per heavy atom. The van der Waals surface area contributed by atoms with Crippen molar-refractivity contribution < 1.29 is 13.9 Å². The molecular weight excluding hydrogens is 431 g/mol. The van der Waals surface area contributed by atoms with Gasteiger partial charge in [-0.1, -0.05) is 18.2 Å². The molecule has 34 heavy (non-hydrogen) atoms. The number of hydrogen-bond donors (Lipinski definition) is 1. The fourth-order valence-corrected chi connectivity index (χ4v) is 5.08. The van der Waals surface area contributed by atoms with Crippen LogP contribution in [0.1, 0.15) is 16.7 Å². The summed E-state index contributed by atoms with van der Waals surface area (Å²) in [6, 6.07) is 16.7. The number of fused-ring (bicyclic) bond motifs is 3. The second-order valence-corrected chi connectivity index (χ2v) is 9.00. The van der Waals surface area contributed by atoms with Gasteiger partial charge in [-0.25, -0.2) is 4.39 Å². The summed E-state index contributed by atoms with van der Waals surface area (Å²) in [5, 5.41) is 3.15. The Morgan fingerprint density at radius 1 is 1.09 bits per heavy atom. The number of piperazine rings is 1. The second-order valence-electron chi connectivity index (χ2n) is 9.00. The molecule has 0 aliphatic carbocycles. The summed E-state index contributed by atoms with van der Waals surface area (Å²) in [6.07, 6.45) is 4.16. The van der Waals surface area contributed by atoms with Gasteiger partial charge in [-0.05, 0) is 53.4 Å². The monoisotopic (exact) mass is 460 g/mol. The second kappa shape index (κ2) is 9.81. The molecule has 0 saturated carbocycles. The first-order valence-electron chi connectivity index (χ1n) is 11.7. The van der Waals surface area contributed by atoms with Crippen molar-refractivity contribution in [3.8, 4) is 5.75 Å². The SMILES string of the molecule is COc1ccc2c(c1)N1CCN(Cc3ccc(F)cc3)C[C@H]1[C@@H](C(=O)NCc1ccncc1)C2. The van der Waals surface area contributed by atoms with E-state index >= 15 is 0 Å². The van der Waals surface area contributed by atoms with Crippen molar-refractivity contribution in [2.24, 2.45) is 5.92 Å². The zero-order valence-electron chi connectivity index (χ0n) is 19.3. The fraction of sp³-hybridized carbons (Fsp3) is 0.333. The maximum atomic E-state index is 13.4. The number of carbonyl (C=O) groups excluding carboxylic acids is 1. The van der Waals surface area contributed by atoms with Crippen LogP contribution in [0, 0.1) is 11.7 Å². The number of anilines is 1. The number of halogens is 1. The number of carbonyl (C=O) groups is 1. The van der Waals surface area contributed by atoms with E-state index in [0.717, 1.165) is 48.7 Å². The molecule has 2 aliphatic heterocycles. The highest BCUT2D eigenvalue weighted by Crippen LogP contribution is 2.38. The molecule has 1 aromatic heterocycles. The number of methoxy groups -OCH3 is 1. The zero-order valence-corrected chi connectivity index (χ0v) is 19.3. The van der Waals surface area contributed by atoms with Crippen molar-refractivity contribution in [1.82, 2.24) is 15.2 Å². The first-order chi connectivity index (χ1) is 16.6. The Labute approximate surface area is 199 Å². The lowest BCUT2D eigenvalue weighted by Gasteiger charge is -2.49. The third-order valence-corrected chi connectivity index (χ3v) is 6.88. The van der Waals surface area contributed by atoms with Gasteiger partial charge in [0.1, 0.15) is 11.6 Å². The summed E-state index contributed by atoms with van der Waals surface area (Å²) in [6.45, 7) is 3.68. The van der Waals surface area contributed by atoms with E-state index in [1.807, 2.05) is 30.3 Å². The van der Waals surface area contributed by atoms with E-state index in [2.05, 4.69) is 32.2 Å². The number of nitrogens with one attached hydrogen (secondary N) is 1. The normalized spacial score (nSPS) is 19.8. The maximum Gasteiger partial charge on any atom is 0.225 e. The predicted molar refractivity (Wildman–Crippen MR) is 129 cm³/mol. The summed E-state index contributed by atoms with van der Waals surface area (Å²) < 4.78 is 18.8. The number of nitrogens with zero attached hydrogens (tertiary/aromatic N) is 3. The van der Waals surface area contributed by atoms with E-state index in [0.29, 0.717) is 13.0 Å². The number of ether oxygens (including phenoxy) is 1. The van der Waals surface area contributed by atoms with Crippen LogP contribution in [0.3, 0.4) is 0 Å². The third-order valence-electron chi connectivity index (χ3n) is 6.88. The molecule has 176 valence electrons. The molecule has 0 bridgehead atoms. The minimum absolute atomic E-state index is 0.0474. The summed E-state index contributed by atoms with van der Waals surface area (Å²) in [5.74, 6) is 0.500. The molecule has 6 nitrogen and oxygen atoms in total. The van der Waals surface area contributed by atoms with Gasteiger partial charge < -0.3 is 15.0 Å². The van der Waals surface area contributed by atoms with Crippen LogP contribution in [-0.4, -0.2) is 48.6 Å². The molecular formula is C27H29FN4O2. The molecule has 0 unspecified atom stereocenters. The zero-order chi connectivity index (χ0) is 23.5. The third kappa shape index (κ3) is 4.75. The molecule has 1 amide bonds. The Balaban J connectivity index is 1.37. The van der Waals surface area contributed by atoms with Gasteiger partial charge in [0.2, 0.25) is 5.91 Å². The minimum atomic E-state index is -0.225. The Kier molecular flexibility index (Phi) is 6.45. The molecule has 0 radical (unpaired) electrons. The van der Waals surface area contributed by atoms with Crippen LogP contribution in [0.4, 0.5) is 10.1 Å². The van der Waals surface area contributed by atoms with Crippen LogP contribution >= 0.6 is 0 Å². The number of aromatic nitrogens is 1. The molecule has 0 spiro atoms. The van der Waals surface area contributed by atoms with Crippen molar-refractivity contribution in [1.29, 1.82) is 0 Å². The van der Waals surface area contributed by atoms with Crippen LogP contribution in [0.2, 0.25) is 0 Å². The lowest BCUT2D eigenvalue weighted by Crippen LogP contribution is -2.60. The number of benzene rings is 2. The Hall–Kier alpha value is -3.45. The van der Waals surface area contributed by atoms with Crippen LogP contribution in [0.5, 0.6) is 5.75 Å². The van der Waals surface area contributed by atoms with Crippen LogP contribution in [0.15, 0.2) is 67.0 Å². The minimum Gasteiger partial charge on any atom is -0.497 e. The molecule has 1 fully saturated rings. The average molecular weight is 461 g/mol. The molecule has 5 rings (SSSR count). The number of hydrogen-bond acceptors (Lipinski definition) is 5. The summed E-state index contributed by atoms with van der Waals surface area (Å²) in [7, 11) is 1.68. The van der Waals surface area contributed by atoms with Crippen LogP contribution in [-0.2, 0) is 24.3 Å². The van der Waals surface area contributed by atoms with Crippen molar-refractivity contribution >= 4 is 11.6 Å². The van der Waals surface area contributed by atoms with E-state index < -0.39 is 0 Å². The predicted octanol–water partition coefficient (Wildman–Crippen LogP) is 3.41. The van der Waals surface area contributed by atoms with Gasteiger partial charge in [0.15, 0.2) is 0 Å². The first-order valence-corrected chi connectivity index (χ1v) is 11.7. The van der Waals surface area contributed by atoms with Gasteiger partial charge >= 0.3 is 0 Å². The highest BCUT2D eigenvalue weighted by molar-refractivity contribution is 5.82. The number of rotatable bonds is 6. The fourth-order valence-electron chi connectivity index (χ4n) is 5.08. The van der Waals surface area contributed by atoms with E-state index in [4.69, 9.17) is 4.74 Å². The first kappa shape index (κ1) is 22.3. The lowest BCUT2D eigenvalue weighted by molar-refractivity contribution is -0.126. The maximum absolute atomic E-state index is 13.4. The van der Waals surface area contributed by atoms with Crippen molar-refractivity contribution in [2.75, 3.05) is 31.6 Å². The molecule has 1 saturated heterocycles. The summed E-state index contributed by atoms with van der Waals surface area (Å²) in [5.41, 5.74) is 4.44. The van der Waals surface area contributed by atoms with Gasteiger partial charge in [-0.15, -0.1) is 0 Å². The largest absolute Gasteiger partial charge is 0.497 e. The van der Waals surface area contributed by atoms with Gasteiger partial charge in [-0.3, -0.25) is 14.7 Å². The van der Waals surface area contributed by atoms with Crippen molar-refractivity contribution in [3.05, 3.63) is 89.5 Å². The topological polar surface area (TPSA) is 57.7 Å². The summed E-state index contributed by atoms with van der Waals surface area (Å²) in [4.78, 5) is 22.2. The van der Waals surface area contributed by atoms with E-state index in [-0.39, 0.29) is 23.7 Å². The van der Waals surface area contributed by atoms with Gasteiger partial charge in [-0.2, -0.15) is 0 Å². The smallest absolute Gasteiger partial charge is 0.225 e. The summed E-state index contributed by atoms with van der Waals surface area (Å²) >= 11 is 0.